The zero-order valence-electron chi connectivity index (χ0n) is 10.1. The van der Waals surface area contributed by atoms with Crippen molar-refractivity contribution in [2.75, 3.05) is 26.1 Å². The van der Waals surface area contributed by atoms with Crippen molar-refractivity contribution in [1.29, 1.82) is 0 Å². The van der Waals surface area contributed by atoms with Gasteiger partial charge in [-0.05, 0) is 12.8 Å². The first-order valence-electron chi connectivity index (χ1n) is 5.49. The highest BCUT2D eigenvalue weighted by Crippen LogP contribution is 2.27. The molecule has 0 saturated heterocycles. The summed E-state index contributed by atoms with van der Waals surface area (Å²) in [6.45, 7) is 0.712. The SMILES string of the molecule is COC(=O)c1nnc(C(=O)OC)c2c1CCCN2. The Morgan fingerprint density at radius 3 is 2.39 bits per heavy atom. The molecule has 18 heavy (non-hydrogen) atoms. The molecule has 0 atom stereocenters. The number of rotatable bonds is 2. The number of esters is 2. The van der Waals surface area contributed by atoms with Crippen LogP contribution in [0.1, 0.15) is 33.0 Å². The minimum atomic E-state index is -0.579. The van der Waals surface area contributed by atoms with Crippen LogP contribution >= 0.6 is 0 Å². The maximum absolute atomic E-state index is 11.6. The molecule has 1 aliphatic rings. The van der Waals surface area contributed by atoms with Crippen molar-refractivity contribution in [3.8, 4) is 0 Å². The minimum Gasteiger partial charge on any atom is -0.464 e. The molecule has 0 unspecified atom stereocenters. The summed E-state index contributed by atoms with van der Waals surface area (Å²) in [6.07, 6.45) is 1.50. The second kappa shape index (κ2) is 4.99. The summed E-state index contributed by atoms with van der Waals surface area (Å²) in [5.74, 6) is -1.14. The lowest BCUT2D eigenvalue weighted by molar-refractivity contribution is 0.0573. The van der Waals surface area contributed by atoms with E-state index in [-0.39, 0.29) is 11.4 Å². The van der Waals surface area contributed by atoms with Crippen molar-refractivity contribution in [2.24, 2.45) is 0 Å². The second-order valence-corrected chi connectivity index (χ2v) is 3.76. The van der Waals surface area contributed by atoms with Crippen LogP contribution in [0.5, 0.6) is 0 Å². The standard InChI is InChI=1S/C11H13N3O4/c1-17-10(15)8-6-4-3-5-12-7(6)9(14-13-8)11(16)18-2/h12H,3-5H2,1-2H3. The molecular weight excluding hydrogens is 238 g/mol. The zero-order chi connectivity index (χ0) is 13.1. The molecule has 1 aliphatic heterocycles. The van der Waals surface area contributed by atoms with Gasteiger partial charge in [-0.25, -0.2) is 9.59 Å². The molecule has 0 saturated carbocycles. The number of carbonyl (C=O) groups excluding carboxylic acids is 2. The fraction of sp³-hybridized carbons (Fsp3) is 0.455. The Bertz CT molecular complexity index is 456. The lowest BCUT2D eigenvalue weighted by Crippen LogP contribution is -2.23. The van der Waals surface area contributed by atoms with Crippen LogP contribution in [0.3, 0.4) is 0 Å². The van der Waals surface area contributed by atoms with Crippen LogP contribution < -0.4 is 5.32 Å². The van der Waals surface area contributed by atoms with Crippen molar-refractivity contribution >= 4 is 17.6 Å². The topological polar surface area (TPSA) is 90.4 Å². The van der Waals surface area contributed by atoms with Gasteiger partial charge in [0, 0.05) is 12.1 Å². The summed E-state index contributed by atoms with van der Waals surface area (Å²) in [5.41, 5.74) is 1.42. The second-order valence-electron chi connectivity index (χ2n) is 3.76. The van der Waals surface area contributed by atoms with Gasteiger partial charge in [0.25, 0.3) is 0 Å². The average molecular weight is 251 g/mol. The molecule has 1 N–H and O–H groups in total. The third kappa shape index (κ3) is 1.99. The molecular formula is C11H13N3O4. The number of methoxy groups -OCH3 is 2. The number of hydrogen-bond acceptors (Lipinski definition) is 7. The number of nitrogens with one attached hydrogen (secondary N) is 1. The maximum Gasteiger partial charge on any atom is 0.360 e. The van der Waals surface area contributed by atoms with Crippen molar-refractivity contribution in [3.05, 3.63) is 17.0 Å². The number of hydrogen-bond donors (Lipinski definition) is 1. The summed E-state index contributed by atoms with van der Waals surface area (Å²) >= 11 is 0. The zero-order valence-corrected chi connectivity index (χ0v) is 10.1. The van der Waals surface area contributed by atoms with Gasteiger partial charge >= 0.3 is 11.9 Å². The molecule has 0 fully saturated rings. The number of aromatic nitrogens is 2. The van der Waals surface area contributed by atoms with E-state index >= 15 is 0 Å². The smallest absolute Gasteiger partial charge is 0.360 e. The maximum atomic E-state index is 11.6. The van der Waals surface area contributed by atoms with Gasteiger partial charge in [0.15, 0.2) is 11.4 Å². The molecule has 2 heterocycles. The highest BCUT2D eigenvalue weighted by molar-refractivity contribution is 5.97. The first-order chi connectivity index (χ1) is 8.69. The lowest BCUT2D eigenvalue weighted by atomic mass is 10.0. The van der Waals surface area contributed by atoms with Gasteiger partial charge in [-0.1, -0.05) is 0 Å². The van der Waals surface area contributed by atoms with Gasteiger partial charge in [-0.2, -0.15) is 0 Å². The van der Waals surface area contributed by atoms with E-state index in [4.69, 9.17) is 0 Å². The van der Waals surface area contributed by atoms with E-state index in [9.17, 15) is 9.59 Å². The predicted molar refractivity (Wildman–Crippen MR) is 61.5 cm³/mol. The van der Waals surface area contributed by atoms with Gasteiger partial charge in [0.05, 0.1) is 19.9 Å². The Labute approximate surface area is 103 Å². The monoisotopic (exact) mass is 251 g/mol. The normalized spacial score (nSPS) is 13.2. The van der Waals surface area contributed by atoms with Gasteiger partial charge < -0.3 is 14.8 Å². The molecule has 0 aromatic carbocycles. The first-order valence-corrected chi connectivity index (χ1v) is 5.49. The van der Waals surface area contributed by atoms with Crippen LogP contribution in [-0.2, 0) is 15.9 Å². The van der Waals surface area contributed by atoms with E-state index in [1.807, 2.05) is 0 Å². The van der Waals surface area contributed by atoms with Gasteiger partial charge in [0.2, 0.25) is 0 Å². The van der Waals surface area contributed by atoms with Crippen LogP contribution in [0.25, 0.3) is 0 Å². The lowest BCUT2D eigenvalue weighted by Gasteiger charge is -2.20. The van der Waals surface area contributed by atoms with E-state index in [2.05, 4.69) is 25.0 Å². The summed E-state index contributed by atoms with van der Waals surface area (Å²) < 4.78 is 9.28. The van der Waals surface area contributed by atoms with E-state index in [1.54, 1.807) is 0 Å². The van der Waals surface area contributed by atoms with Crippen LogP contribution in [0, 0.1) is 0 Å². The van der Waals surface area contributed by atoms with Crippen molar-refractivity contribution in [3.63, 3.8) is 0 Å². The van der Waals surface area contributed by atoms with Crippen molar-refractivity contribution in [2.45, 2.75) is 12.8 Å². The summed E-state index contributed by atoms with van der Waals surface area (Å²) in [4.78, 5) is 23.1. The Morgan fingerprint density at radius 1 is 1.11 bits per heavy atom. The molecule has 7 nitrogen and oxygen atoms in total. The number of ether oxygens (including phenoxy) is 2. The number of fused-ring (bicyclic) bond motifs is 1. The largest absolute Gasteiger partial charge is 0.464 e. The van der Waals surface area contributed by atoms with Crippen molar-refractivity contribution in [1.82, 2.24) is 10.2 Å². The third-order valence-electron chi connectivity index (χ3n) is 2.74. The number of nitrogens with zero attached hydrogens (tertiary/aromatic N) is 2. The van der Waals surface area contributed by atoms with E-state index in [1.165, 1.54) is 14.2 Å². The summed E-state index contributed by atoms with van der Waals surface area (Å²) in [6, 6.07) is 0. The van der Waals surface area contributed by atoms with Gasteiger partial charge in [-0.3, -0.25) is 0 Å². The highest BCUT2D eigenvalue weighted by Gasteiger charge is 2.26. The molecule has 0 aliphatic carbocycles. The average Bonchev–Trinajstić information content (AvgIpc) is 2.44. The molecule has 0 amide bonds. The molecule has 7 heteroatoms. The van der Waals surface area contributed by atoms with E-state index < -0.39 is 11.9 Å². The molecule has 2 rings (SSSR count). The molecule has 0 radical (unpaired) electrons. The molecule has 1 aromatic heterocycles. The molecule has 0 spiro atoms. The van der Waals surface area contributed by atoms with Crippen LogP contribution in [0.4, 0.5) is 5.69 Å². The first kappa shape index (κ1) is 12.3. The van der Waals surface area contributed by atoms with Crippen LogP contribution in [0.2, 0.25) is 0 Å². The van der Waals surface area contributed by atoms with E-state index in [0.29, 0.717) is 24.2 Å². The van der Waals surface area contributed by atoms with Gasteiger partial charge in [0.1, 0.15) is 0 Å². The summed E-state index contributed by atoms with van der Waals surface area (Å²) in [7, 11) is 2.55. The summed E-state index contributed by atoms with van der Waals surface area (Å²) in [5, 5.41) is 10.6. The predicted octanol–water partition coefficient (Wildman–Crippen LogP) is 0.408. The number of carbonyl (C=O) groups is 2. The molecule has 96 valence electrons. The van der Waals surface area contributed by atoms with Gasteiger partial charge in [-0.15, -0.1) is 10.2 Å². The number of anilines is 1. The quantitative estimate of drug-likeness (QED) is 0.761. The highest BCUT2D eigenvalue weighted by atomic mass is 16.5. The third-order valence-corrected chi connectivity index (χ3v) is 2.74. The molecule has 1 aromatic rings. The Morgan fingerprint density at radius 2 is 1.72 bits per heavy atom. The minimum absolute atomic E-state index is 0.0971. The Balaban J connectivity index is 2.55. The Hall–Kier alpha value is -2.18. The fourth-order valence-corrected chi connectivity index (χ4v) is 1.88. The van der Waals surface area contributed by atoms with Crippen LogP contribution in [-0.4, -0.2) is 42.9 Å². The van der Waals surface area contributed by atoms with Crippen LogP contribution in [0.15, 0.2) is 0 Å². The van der Waals surface area contributed by atoms with Crippen molar-refractivity contribution < 1.29 is 19.1 Å². The molecule has 0 bridgehead atoms. The fourth-order valence-electron chi connectivity index (χ4n) is 1.88. The van der Waals surface area contributed by atoms with E-state index in [0.717, 1.165) is 6.42 Å². The Kier molecular flexibility index (Phi) is 3.40.